The quantitative estimate of drug-likeness (QED) is 0.517. The van der Waals surface area contributed by atoms with E-state index >= 15 is 0 Å². The third-order valence-electron chi connectivity index (χ3n) is 6.33. The molecule has 2 fully saturated rings. The normalized spacial score (nSPS) is 17.2. The molecule has 2 N–H and O–H groups in total. The molecule has 0 atom stereocenters. The highest BCUT2D eigenvalue weighted by atomic mass is 35.5. The summed E-state index contributed by atoms with van der Waals surface area (Å²) in [5, 5.41) is 5.38. The van der Waals surface area contributed by atoms with Gasteiger partial charge in [0.15, 0.2) is 5.82 Å². The van der Waals surface area contributed by atoms with Crippen molar-refractivity contribution in [2.24, 2.45) is 0 Å². The number of pyridine rings is 2. The van der Waals surface area contributed by atoms with Crippen molar-refractivity contribution in [2.75, 3.05) is 31.1 Å². The fourth-order valence-electron chi connectivity index (χ4n) is 4.54. The smallest absolute Gasteiger partial charge is 0.162 e. The zero-order chi connectivity index (χ0) is 20.2. The van der Waals surface area contributed by atoms with Gasteiger partial charge in [-0.1, -0.05) is 11.6 Å². The Hall–Kier alpha value is -2.70. The molecule has 2 aromatic heterocycles. The van der Waals surface area contributed by atoms with Crippen molar-refractivity contribution in [1.82, 2.24) is 25.3 Å². The first-order chi connectivity index (χ1) is 14.7. The van der Waals surface area contributed by atoms with Crippen LogP contribution in [0, 0.1) is 6.92 Å². The first-order valence-corrected chi connectivity index (χ1v) is 11.0. The van der Waals surface area contributed by atoms with Gasteiger partial charge in [-0.2, -0.15) is 0 Å². The van der Waals surface area contributed by atoms with E-state index in [0.717, 1.165) is 70.7 Å². The molecule has 30 heavy (non-hydrogen) atoms. The minimum absolute atomic E-state index is 0.590. The summed E-state index contributed by atoms with van der Waals surface area (Å²) in [4.78, 5) is 20.4. The Balaban J connectivity index is 1.60. The molecule has 6 nitrogen and oxygen atoms in total. The van der Waals surface area contributed by atoms with Crippen LogP contribution in [-0.4, -0.2) is 46.1 Å². The molecule has 2 aliphatic heterocycles. The van der Waals surface area contributed by atoms with Gasteiger partial charge in [-0.15, -0.1) is 0 Å². The van der Waals surface area contributed by atoms with E-state index in [0.29, 0.717) is 5.92 Å². The third kappa shape index (κ3) is 2.86. The van der Waals surface area contributed by atoms with Gasteiger partial charge in [0.25, 0.3) is 0 Å². The molecular weight excluding hydrogens is 396 g/mol. The number of piperazine rings is 1. The maximum absolute atomic E-state index is 6.44. The fourth-order valence-corrected chi connectivity index (χ4v) is 4.74. The summed E-state index contributed by atoms with van der Waals surface area (Å²) in [7, 11) is 0. The van der Waals surface area contributed by atoms with Gasteiger partial charge in [-0.25, -0.2) is 9.97 Å². The van der Waals surface area contributed by atoms with E-state index in [4.69, 9.17) is 21.6 Å². The standard InChI is InChI=1S/C23H23ClN6/c1-13-18(24)10-16-15(4-5-27-21(13)16)22-28-19-12-26-11-17(14-2-3-14)20(19)23(29-22)30-8-6-25-7-9-30/h4-5,10-12,14,25,27H,2-3,6-9H2,1H3. The number of aromatic amines is 1. The zero-order valence-electron chi connectivity index (χ0n) is 16.9. The lowest BCUT2D eigenvalue weighted by molar-refractivity contribution is 0.586. The molecule has 0 aromatic carbocycles. The van der Waals surface area contributed by atoms with Crippen molar-refractivity contribution in [3.63, 3.8) is 0 Å². The summed E-state index contributed by atoms with van der Waals surface area (Å²) in [6.07, 6.45) is 8.30. The number of fused-ring (bicyclic) bond motifs is 2. The Morgan fingerprint density at radius 3 is 2.73 bits per heavy atom. The molecule has 6 rings (SSSR count). The van der Waals surface area contributed by atoms with Gasteiger partial charge in [0.2, 0.25) is 0 Å². The van der Waals surface area contributed by atoms with Crippen LogP contribution in [0.15, 0.2) is 30.7 Å². The maximum atomic E-state index is 6.44. The Labute approximate surface area is 180 Å². The van der Waals surface area contributed by atoms with Gasteiger partial charge >= 0.3 is 0 Å². The Kier molecular flexibility index (Phi) is 4.18. The molecule has 2 aliphatic carbocycles. The number of hydrogen-bond acceptors (Lipinski definition) is 5. The molecule has 7 heteroatoms. The van der Waals surface area contributed by atoms with E-state index in [-0.39, 0.29) is 0 Å². The van der Waals surface area contributed by atoms with Gasteiger partial charge in [-0.3, -0.25) is 4.98 Å². The van der Waals surface area contributed by atoms with E-state index in [2.05, 4.69) is 20.2 Å². The predicted octanol–water partition coefficient (Wildman–Crippen LogP) is 4.37. The number of H-pyrrole nitrogens is 1. The third-order valence-corrected chi connectivity index (χ3v) is 6.73. The van der Waals surface area contributed by atoms with Gasteiger partial charge in [0, 0.05) is 60.1 Å². The summed E-state index contributed by atoms with van der Waals surface area (Å²) < 4.78 is 0. The molecule has 4 aliphatic rings. The second-order valence-corrected chi connectivity index (χ2v) is 8.71. The molecule has 152 valence electrons. The SMILES string of the molecule is Cc1c(Cl)cc2c(-c3nc(N4CCNCC4)c4c(C5CC5)cncc4n3)cc[nH]c1-2. The van der Waals surface area contributed by atoms with Crippen molar-refractivity contribution in [1.29, 1.82) is 0 Å². The zero-order valence-corrected chi connectivity index (χ0v) is 17.6. The van der Waals surface area contributed by atoms with E-state index in [1.54, 1.807) is 0 Å². The number of anilines is 1. The van der Waals surface area contributed by atoms with E-state index in [1.165, 1.54) is 23.8 Å². The minimum Gasteiger partial charge on any atom is -0.361 e. The number of halogens is 1. The Morgan fingerprint density at radius 2 is 1.93 bits per heavy atom. The lowest BCUT2D eigenvalue weighted by atomic mass is 10.0. The lowest BCUT2D eigenvalue weighted by Crippen LogP contribution is -2.44. The highest BCUT2D eigenvalue weighted by Gasteiger charge is 2.29. The highest BCUT2D eigenvalue weighted by molar-refractivity contribution is 6.32. The summed E-state index contributed by atoms with van der Waals surface area (Å²) in [5.41, 5.74) is 6.36. The van der Waals surface area contributed by atoms with Crippen molar-refractivity contribution in [3.05, 3.63) is 46.9 Å². The molecule has 4 heterocycles. The van der Waals surface area contributed by atoms with Crippen molar-refractivity contribution < 1.29 is 0 Å². The Morgan fingerprint density at radius 1 is 1.10 bits per heavy atom. The van der Waals surface area contributed by atoms with Crippen LogP contribution in [0.5, 0.6) is 0 Å². The van der Waals surface area contributed by atoms with Crippen LogP contribution in [0.4, 0.5) is 5.82 Å². The van der Waals surface area contributed by atoms with E-state index in [1.807, 2.05) is 37.6 Å². The molecule has 0 unspecified atom stereocenters. The summed E-state index contributed by atoms with van der Waals surface area (Å²) >= 11 is 6.44. The topological polar surface area (TPSA) is 69.7 Å². The van der Waals surface area contributed by atoms with Crippen LogP contribution >= 0.6 is 11.6 Å². The average Bonchev–Trinajstić information content (AvgIpc) is 3.59. The number of nitrogens with zero attached hydrogens (tertiary/aromatic N) is 4. The van der Waals surface area contributed by atoms with E-state index in [9.17, 15) is 0 Å². The number of hydrogen-bond donors (Lipinski definition) is 2. The van der Waals surface area contributed by atoms with Gasteiger partial charge < -0.3 is 15.2 Å². The summed E-state index contributed by atoms with van der Waals surface area (Å²) in [5.74, 6) is 2.36. The molecule has 0 bridgehead atoms. The first kappa shape index (κ1) is 18.1. The van der Waals surface area contributed by atoms with Crippen molar-refractivity contribution in [2.45, 2.75) is 25.7 Å². The van der Waals surface area contributed by atoms with Crippen LogP contribution < -0.4 is 10.2 Å². The van der Waals surface area contributed by atoms with Crippen LogP contribution in [0.1, 0.15) is 29.9 Å². The monoisotopic (exact) mass is 418 g/mol. The molecule has 1 saturated heterocycles. The van der Waals surface area contributed by atoms with Crippen LogP contribution in [0.2, 0.25) is 5.02 Å². The average molecular weight is 419 g/mol. The van der Waals surface area contributed by atoms with Crippen LogP contribution in [-0.2, 0) is 0 Å². The maximum Gasteiger partial charge on any atom is 0.162 e. The molecule has 0 spiro atoms. The van der Waals surface area contributed by atoms with E-state index < -0.39 is 0 Å². The van der Waals surface area contributed by atoms with Gasteiger partial charge in [-0.05, 0) is 48.9 Å². The molecule has 0 radical (unpaired) electrons. The largest absolute Gasteiger partial charge is 0.361 e. The summed E-state index contributed by atoms with van der Waals surface area (Å²) in [6.45, 7) is 5.85. The predicted molar refractivity (Wildman–Crippen MR) is 121 cm³/mol. The first-order valence-electron chi connectivity index (χ1n) is 10.6. The molecule has 1 saturated carbocycles. The molecule has 0 amide bonds. The number of aromatic nitrogens is 4. The van der Waals surface area contributed by atoms with Crippen molar-refractivity contribution in [3.8, 4) is 22.6 Å². The molecular formula is C23H23ClN6. The minimum atomic E-state index is 0.590. The number of nitrogens with one attached hydrogen (secondary N) is 2. The molecule has 2 aromatic rings. The van der Waals surface area contributed by atoms with Gasteiger partial charge in [0.1, 0.15) is 5.82 Å². The second-order valence-electron chi connectivity index (χ2n) is 8.30. The fraction of sp³-hybridized carbons (Fsp3) is 0.348. The summed E-state index contributed by atoms with van der Waals surface area (Å²) in [6, 6.07) is 4.05. The highest BCUT2D eigenvalue weighted by Crippen LogP contribution is 2.45. The lowest BCUT2D eigenvalue weighted by Gasteiger charge is -2.30. The van der Waals surface area contributed by atoms with Crippen LogP contribution in [0.3, 0.4) is 0 Å². The second kappa shape index (κ2) is 6.93. The van der Waals surface area contributed by atoms with Crippen LogP contribution in [0.25, 0.3) is 33.5 Å². The van der Waals surface area contributed by atoms with Crippen molar-refractivity contribution >= 4 is 28.3 Å². The Bertz CT molecular complexity index is 1220. The number of rotatable bonds is 3. The van der Waals surface area contributed by atoms with Gasteiger partial charge in [0.05, 0.1) is 17.4 Å².